The van der Waals surface area contributed by atoms with Gasteiger partial charge in [-0.2, -0.15) is 4.98 Å². The zero-order valence-electron chi connectivity index (χ0n) is 22.4. The monoisotopic (exact) mass is 524 g/mol. The fourth-order valence-electron chi connectivity index (χ4n) is 6.31. The van der Waals surface area contributed by atoms with Crippen LogP contribution >= 0.6 is 0 Å². The number of hydrogen-bond acceptors (Lipinski definition) is 7. The molecule has 0 spiro atoms. The number of aryl methyl sites for hydroxylation is 2. The van der Waals surface area contributed by atoms with E-state index >= 15 is 0 Å². The van der Waals surface area contributed by atoms with E-state index in [1.807, 2.05) is 41.0 Å². The van der Waals surface area contributed by atoms with Gasteiger partial charge in [0.2, 0.25) is 11.8 Å². The molecule has 7 rings (SSSR count). The van der Waals surface area contributed by atoms with Gasteiger partial charge in [-0.3, -0.25) is 0 Å². The summed E-state index contributed by atoms with van der Waals surface area (Å²) in [5.41, 5.74) is 6.69. The van der Waals surface area contributed by atoms with E-state index in [1.54, 1.807) is 0 Å². The summed E-state index contributed by atoms with van der Waals surface area (Å²) in [7, 11) is 0. The van der Waals surface area contributed by atoms with Crippen LogP contribution in [0.1, 0.15) is 49.7 Å². The van der Waals surface area contributed by atoms with E-state index in [4.69, 9.17) is 19.6 Å². The zero-order valence-corrected chi connectivity index (χ0v) is 22.4. The highest BCUT2D eigenvalue weighted by Gasteiger charge is 2.24. The first-order chi connectivity index (χ1) is 19.3. The maximum Gasteiger partial charge on any atom is 0.247 e. The normalized spacial score (nSPS) is 20.6. The Bertz CT molecular complexity index is 1420. The van der Waals surface area contributed by atoms with Gasteiger partial charge in [0.1, 0.15) is 6.10 Å². The Morgan fingerprint density at radius 1 is 0.897 bits per heavy atom. The van der Waals surface area contributed by atoms with E-state index in [2.05, 4.69) is 33.4 Å². The Kier molecular flexibility index (Phi) is 6.89. The number of likely N-dealkylation sites (tertiary alicyclic amines) is 1. The lowest BCUT2D eigenvalue weighted by molar-refractivity contribution is 0.0237. The second-order valence-corrected chi connectivity index (χ2v) is 11.0. The molecule has 4 aromatic rings. The fraction of sp³-hybridized carbons (Fsp3) is 0.452. The summed E-state index contributed by atoms with van der Waals surface area (Å²) in [6, 6.07) is 17.5. The van der Waals surface area contributed by atoms with Crippen molar-refractivity contribution in [2.75, 3.05) is 31.6 Å². The number of aromatic nitrogens is 4. The Hall–Kier alpha value is -3.49. The number of hydrogen-bond donors (Lipinski definition) is 1. The Morgan fingerprint density at radius 2 is 1.74 bits per heavy atom. The average molecular weight is 525 g/mol. The number of nitrogens with zero attached hydrogens (tertiary/aromatic N) is 5. The first kappa shape index (κ1) is 24.5. The molecule has 1 atom stereocenters. The average Bonchev–Trinajstić information content (AvgIpc) is 3.60. The van der Waals surface area contributed by atoms with Crippen LogP contribution in [0.5, 0.6) is 5.88 Å². The number of benzene rings is 1. The Balaban J connectivity index is 1.07. The standard InChI is InChI=1S/C31H36N6O2/c1-2-17-36(16-1)26-11-7-22-6-10-25(20-23(22)8-12-26)33-31-34-29-5-3-4-28(37(29)35-31)24-9-13-30(32-21-24)39-27-14-18-38-19-15-27/h3-6,9-10,13,20-21,26-27H,1-2,7-8,11-12,14-19H2,(H,33,35)/t26-/m0/s1. The Labute approximate surface area is 229 Å². The van der Waals surface area contributed by atoms with Gasteiger partial charge in [0, 0.05) is 42.4 Å². The molecule has 1 aromatic carbocycles. The predicted molar refractivity (Wildman–Crippen MR) is 152 cm³/mol. The summed E-state index contributed by atoms with van der Waals surface area (Å²) >= 11 is 0. The molecule has 0 bridgehead atoms. The lowest BCUT2D eigenvalue weighted by Crippen LogP contribution is -2.32. The molecule has 2 aliphatic heterocycles. The molecule has 39 heavy (non-hydrogen) atoms. The van der Waals surface area contributed by atoms with Crippen molar-refractivity contribution in [1.29, 1.82) is 0 Å². The SMILES string of the molecule is c1cc(-c2ccc(OC3CCOCC3)nc2)n2nc(Nc3ccc4c(c3)CC[C@@H](N3CCCC3)CC4)nc2c1. The molecule has 1 N–H and O–H groups in total. The number of rotatable bonds is 6. The summed E-state index contributed by atoms with van der Waals surface area (Å²) in [6.07, 6.45) is 11.4. The quantitative estimate of drug-likeness (QED) is 0.337. The summed E-state index contributed by atoms with van der Waals surface area (Å²) < 4.78 is 13.3. The van der Waals surface area contributed by atoms with E-state index in [0.717, 1.165) is 61.1 Å². The topological polar surface area (TPSA) is 76.8 Å². The maximum absolute atomic E-state index is 6.04. The largest absolute Gasteiger partial charge is 0.474 e. The van der Waals surface area contributed by atoms with E-state index < -0.39 is 0 Å². The molecule has 8 nitrogen and oxygen atoms in total. The zero-order chi connectivity index (χ0) is 26.0. The van der Waals surface area contributed by atoms with Crippen LogP contribution < -0.4 is 10.1 Å². The molecule has 2 fully saturated rings. The van der Waals surface area contributed by atoms with Crippen molar-refractivity contribution in [3.63, 3.8) is 0 Å². The number of fused-ring (bicyclic) bond motifs is 2. The van der Waals surface area contributed by atoms with Crippen LogP contribution in [0.2, 0.25) is 0 Å². The highest BCUT2D eigenvalue weighted by molar-refractivity contribution is 5.64. The summed E-state index contributed by atoms with van der Waals surface area (Å²) in [5, 5.41) is 8.27. The molecular weight excluding hydrogens is 488 g/mol. The highest BCUT2D eigenvalue weighted by atomic mass is 16.5. The van der Waals surface area contributed by atoms with E-state index in [-0.39, 0.29) is 6.10 Å². The van der Waals surface area contributed by atoms with Gasteiger partial charge in [0.05, 0.1) is 18.9 Å². The van der Waals surface area contributed by atoms with Crippen LogP contribution in [0, 0.1) is 0 Å². The van der Waals surface area contributed by atoms with Crippen LogP contribution in [0.15, 0.2) is 54.7 Å². The maximum atomic E-state index is 6.04. The molecule has 0 saturated carbocycles. The third kappa shape index (κ3) is 5.36. The Morgan fingerprint density at radius 3 is 2.56 bits per heavy atom. The highest BCUT2D eigenvalue weighted by Crippen LogP contribution is 2.29. The van der Waals surface area contributed by atoms with Gasteiger partial charge in [-0.15, -0.1) is 5.10 Å². The van der Waals surface area contributed by atoms with Crippen LogP contribution in [-0.2, 0) is 17.6 Å². The van der Waals surface area contributed by atoms with Gasteiger partial charge in [-0.1, -0.05) is 12.1 Å². The fourth-order valence-corrected chi connectivity index (χ4v) is 6.31. The minimum Gasteiger partial charge on any atom is -0.474 e. The molecule has 5 heterocycles. The van der Waals surface area contributed by atoms with Crippen LogP contribution in [0.4, 0.5) is 11.6 Å². The smallest absolute Gasteiger partial charge is 0.247 e. The van der Waals surface area contributed by atoms with Crippen LogP contribution in [-0.4, -0.2) is 62.9 Å². The van der Waals surface area contributed by atoms with Gasteiger partial charge in [0.25, 0.3) is 0 Å². The lowest BCUT2D eigenvalue weighted by Gasteiger charge is -2.25. The second-order valence-electron chi connectivity index (χ2n) is 11.0. The minimum atomic E-state index is 0.170. The van der Waals surface area contributed by atoms with Gasteiger partial charge in [-0.05, 0) is 93.1 Å². The third-order valence-corrected chi connectivity index (χ3v) is 8.46. The molecule has 0 unspecified atom stereocenters. The second kappa shape index (κ2) is 10.9. The minimum absolute atomic E-state index is 0.170. The first-order valence-corrected chi connectivity index (χ1v) is 14.5. The molecule has 8 heteroatoms. The van der Waals surface area contributed by atoms with Crippen molar-refractivity contribution in [2.24, 2.45) is 0 Å². The number of anilines is 2. The van der Waals surface area contributed by atoms with Crippen molar-refractivity contribution >= 4 is 17.3 Å². The number of pyridine rings is 2. The van der Waals surface area contributed by atoms with E-state index in [1.165, 1.54) is 56.3 Å². The molecule has 202 valence electrons. The third-order valence-electron chi connectivity index (χ3n) is 8.46. The lowest BCUT2D eigenvalue weighted by atomic mass is 10.0. The van der Waals surface area contributed by atoms with Gasteiger partial charge < -0.3 is 19.7 Å². The van der Waals surface area contributed by atoms with Gasteiger partial charge >= 0.3 is 0 Å². The molecule has 0 amide bonds. The summed E-state index contributed by atoms with van der Waals surface area (Å²) in [5.74, 6) is 1.24. The number of nitrogens with one attached hydrogen (secondary N) is 1. The van der Waals surface area contributed by atoms with Gasteiger partial charge in [0.15, 0.2) is 5.65 Å². The van der Waals surface area contributed by atoms with E-state index in [0.29, 0.717) is 11.8 Å². The molecule has 0 radical (unpaired) electrons. The first-order valence-electron chi connectivity index (χ1n) is 14.5. The van der Waals surface area contributed by atoms with Crippen molar-refractivity contribution in [3.05, 3.63) is 65.9 Å². The molecule has 2 saturated heterocycles. The summed E-state index contributed by atoms with van der Waals surface area (Å²) in [6.45, 7) is 4.05. The molecule has 3 aliphatic rings. The summed E-state index contributed by atoms with van der Waals surface area (Å²) in [4.78, 5) is 12.0. The van der Waals surface area contributed by atoms with Crippen molar-refractivity contribution in [1.82, 2.24) is 24.5 Å². The van der Waals surface area contributed by atoms with Crippen molar-refractivity contribution in [3.8, 4) is 17.1 Å². The molecular formula is C31H36N6O2. The van der Waals surface area contributed by atoms with Gasteiger partial charge in [-0.25, -0.2) is 9.50 Å². The van der Waals surface area contributed by atoms with Crippen LogP contribution in [0.3, 0.4) is 0 Å². The van der Waals surface area contributed by atoms with Crippen molar-refractivity contribution in [2.45, 2.75) is 63.5 Å². The van der Waals surface area contributed by atoms with Crippen molar-refractivity contribution < 1.29 is 9.47 Å². The van der Waals surface area contributed by atoms with E-state index in [9.17, 15) is 0 Å². The molecule has 1 aliphatic carbocycles. The number of ether oxygens (including phenoxy) is 2. The molecule has 3 aromatic heterocycles. The van der Waals surface area contributed by atoms with Crippen LogP contribution in [0.25, 0.3) is 16.9 Å². The predicted octanol–water partition coefficient (Wildman–Crippen LogP) is 5.44.